The summed E-state index contributed by atoms with van der Waals surface area (Å²) in [5.74, 6) is 1.94. The fourth-order valence-electron chi connectivity index (χ4n) is 3.25. The van der Waals surface area contributed by atoms with Crippen LogP contribution in [0, 0.1) is 18.8 Å². The molecule has 0 amide bonds. The largest absolute Gasteiger partial charge is 0.493 e. The molecule has 5 heteroatoms. The summed E-state index contributed by atoms with van der Waals surface area (Å²) in [7, 11) is -3.17. The second-order valence-corrected chi connectivity index (χ2v) is 8.85. The molecule has 4 nitrogen and oxygen atoms in total. The maximum Gasteiger partial charge on any atom is 0.175 e. The van der Waals surface area contributed by atoms with Gasteiger partial charge < -0.3 is 9.64 Å². The normalized spacial score (nSPS) is 22.4. The van der Waals surface area contributed by atoms with Crippen LogP contribution in [0.15, 0.2) is 23.1 Å². The maximum atomic E-state index is 11.7. The van der Waals surface area contributed by atoms with Crippen molar-refractivity contribution in [1.82, 2.24) is 4.90 Å². The summed E-state index contributed by atoms with van der Waals surface area (Å²) < 4.78 is 29.2. The fraction of sp³-hybridized carbons (Fsp3) is 0.667. The Balaban J connectivity index is 1.92. The number of sulfone groups is 1. The van der Waals surface area contributed by atoms with Gasteiger partial charge in [0.25, 0.3) is 0 Å². The van der Waals surface area contributed by atoms with Gasteiger partial charge in [-0.3, -0.25) is 0 Å². The predicted octanol–water partition coefficient (Wildman–Crippen LogP) is 3.15. The average Bonchev–Trinajstić information content (AvgIpc) is 2.82. The number of aryl methyl sites for hydroxylation is 1. The van der Waals surface area contributed by atoms with Gasteiger partial charge in [0.15, 0.2) is 9.84 Å². The van der Waals surface area contributed by atoms with E-state index in [1.165, 1.54) is 25.6 Å². The van der Waals surface area contributed by atoms with E-state index in [9.17, 15) is 8.42 Å². The van der Waals surface area contributed by atoms with Gasteiger partial charge in [0.1, 0.15) is 5.75 Å². The van der Waals surface area contributed by atoms with E-state index in [1.807, 2.05) is 13.0 Å². The van der Waals surface area contributed by atoms with E-state index < -0.39 is 9.84 Å². The third-order valence-electron chi connectivity index (χ3n) is 4.68. The number of nitrogens with zero attached hydrogens (tertiary/aromatic N) is 1. The van der Waals surface area contributed by atoms with Crippen LogP contribution in [-0.2, 0) is 9.84 Å². The molecule has 0 spiro atoms. The van der Waals surface area contributed by atoms with E-state index in [0.29, 0.717) is 23.3 Å². The van der Waals surface area contributed by atoms with Crippen molar-refractivity contribution in [3.63, 3.8) is 0 Å². The van der Waals surface area contributed by atoms with Gasteiger partial charge in [-0.15, -0.1) is 0 Å². The minimum atomic E-state index is -3.17. The first-order valence-electron chi connectivity index (χ1n) is 8.47. The highest BCUT2D eigenvalue weighted by atomic mass is 32.2. The molecule has 1 aliphatic rings. The van der Waals surface area contributed by atoms with Crippen LogP contribution < -0.4 is 4.74 Å². The zero-order valence-electron chi connectivity index (χ0n) is 14.7. The molecule has 23 heavy (non-hydrogen) atoms. The van der Waals surface area contributed by atoms with Crippen molar-refractivity contribution in [2.45, 2.75) is 38.5 Å². The SMILES string of the molecule is CCCCN1CC(C)C(COc2ccc(S(C)(=O)=O)c(C)c2)C1. The van der Waals surface area contributed by atoms with Crippen molar-refractivity contribution in [3.8, 4) is 5.75 Å². The lowest BCUT2D eigenvalue weighted by atomic mass is 9.99. The van der Waals surface area contributed by atoms with Gasteiger partial charge in [0.05, 0.1) is 11.5 Å². The number of ether oxygens (including phenoxy) is 1. The van der Waals surface area contributed by atoms with Gasteiger partial charge in [-0.05, 0) is 49.6 Å². The second-order valence-electron chi connectivity index (χ2n) is 6.86. The first kappa shape index (κ1) is 18.3. The van der Waals surface area contributed by atoms with Crippen molar-refractivity contribution in [2.75, 3.05) is 32.5 Å². The number of likely N-dealkylation sites (tertiary alicyclic amines) is 1. The molecule has 1 aromatic rings. The highest BCUT2D eigenvalue weighted by molar-refractivity contribution is 7.90. The summed E-state index contributed by atoms with van der Waals surface area (Å²) in [6.07, 6.45) is 3.73. The number of benzene rings is 1. The topological polar surface area (TPSA) is 46.6 Å². The van der Waals surface area contributed by atoms with E-state index in [2.05, 4.69) is 18.7 Å². The number of rotatable bonds is 7. The van der Waals surface area contributed by atoms with E-state index in [1.54, 1.807) is 12.1 Å². The van der Waals surface area contributed by atoms with Crippen LogP contribution in [-0.4, -0.2) is 45.8 Å². The Hall–Kier alpha value is -1.07. The highest BCUT2D eigenvalue weighted by Gasteiger charge is 2.29. The molecule has 0 N–H and O–H groups in total. The standard InChI is InChI=1S/C18H29NO3S/c1-5-6-9-19-11-15(3)16(12-19)13-22-17-7-8-18(14(2)10-17)23(4,20)21/h7-8,10,15-16H,5-6,9,11-13H2,1-4H3. The van der Waals surface area contributed by atoms with E-state index in [4.69, 9.17) is 4.74 Å². The first-order valence-corrected chi connectivity index (χ1v) is 10.4. The summed E-state index contributed by atoms with van der Waals surface area (Å²) in [4.78, 5) is 2.91. The van der Waals surface area contributed by atoms with Crippen LogP contribution in [0.25, 0.3) is 0 Å². The summed E-state index contributed by atoms with van der Waals surface area (Å²) in [6.45, 7) is 10.5. The Morgan fingerprint density at radius 3 is 2.65 bits per heavy atom. The molecule has 1 fully saturated rings. The van der Waals surface area contributed by atoms with Gasteiger partial charge in [-0.1, -0.05) is 20.3 Å². The first-order chi connectivity index (χ1) is 10.8. The summed E-state index contributed by atoms with van der Waals surface area (Å²) in [5.41, 5.74) is 0.744. The highest BCUT2D eigenvalue weighted by Crippen LogP contribution is 2.26. The predicted molar refractivity (Wildman–Crippen MR) is 93.8 cm³/mol. The van der Waals surface area contributed by atoms with Crippen molar-refractivity contribution in [1.29, 1.82) is 0 Å². The van der Waals surface area contributed by atoms with Crippen LogP contribution in [0.2, 0.25) is 0 Å². The third kappa shape index (κ3) is 4.95. The number of hydrogen-bond donors (Lipinski definition) is 0. The Morgan fingerprint density at radius 2 is 2.04 bits per heavy atom. The van der Waals surface area contributed by atoms with Gasteiger partial charge in [0, 0.05) is 25.3 Å². The Labute approximate surface area is 140 Å². The molecular weight excluding hydrogens is 310 g/mol. The summed E-state index contributed by atoms with van der Waals surface area (Å²) >= 11 is 0. The molecular formula is C18H29NO3S. The van der Waals surface area contributed by atoms with Crippen molar-refractivity contribution < 1.29 is 13.2 Å². The maximum absolute atomic E-state index is 11.7. The minimum absolute atomic E-state index is 0.379. The lowest BCUT2D eigenvalue weighted by Crippen LogP contribution is -2.23. The molecule has 0 aliphatic carbocycles. The summed E-state index contributed by atoms with van der Waals surface area (Å²) in [6, 6.07) is 5.23. The molecule has 1 heterocycles. The van der Waals surface area contributed by atoms with Gasteiger partial charge >= 0.3 is 0 Å². The van der Waals surface area contributed by atoms with Crippen molar-refractivity contribution >= 4 is 9.84 Å². The van der Waals surface area contributed by atoms with E-state index in [-0.39, 0.29) is 0 Å². The van der Waals surface area contributed by atoms with Gasteiger partial charge in [-0.25, -0.2) is 8.42 Å². The van der Waals surface area contributed by atoms with Crippen LogP contribution in [0.3, 0.4) is 0 Å². The number of hydrogen-bond acceptors (Lipinski definition) is 4. The quantitative estimate of drug-likeness (QED) is 0.766. The lowest BCUT2D eigenvalue weighted by molar-refractivity contribution is 0.224. The smallest absolute Gasteiger partial charge is 0.175 e. The van der Waals surface area contributed by atoms with E-state index in [0.717, 1.165) is 24.4 Å². The molecule has 0 aromatic heterocycles. The lowest BCUT2D eigenvalue weighted by Gasteiger charge is -2.17. The molecule has 2 atom stereocenters. The zero-order valence-corrected chi connectivity index (χ0v) is 15.5. The second kappa shape index (κ2) is 7.67. The van der Waals surface area contributed by atoms with E-state index >= 15 is 0 Å². The van der Waals surface area contributed by atoms with Crippen LogP contribution in [0.1, 0.15) is 32.3 Å². The van der Waals surface area contributed by atoms with Crippen LogP contribution >= 0.6 is 0 Å². The molecule has 130 valence electrons. The molecule has 2 rings (SSSR count). The average molecular weight is 340 g/mol. The molecule has 1 saturated heterocycles. The minimum Gasteiger partial charge on any atom is -0.493 e. The third-order valence-corrected chi connectivity index (χ3v) is 5.94. The van der Waals surface area contributed by atoms with Crippen molar-refractivity contribution in [2.24, 2.45) is 11.8 Å². The Kier molecular flexibility index (Phi) is 6.09. The monoisotopic (exact) mass is 339 g/mol. The Bertz CT molecular complexity index is 627. The molecule has 1 aromatic carbocycles. The molecule has 2 unspecified atom stereocenters. The van der Waals surface area contributed by atoms with Crippen LogP contribution in [0.4, 0.5) is 0 Å². The van der Waals surface area contributed by atoms with Crippen molar-refractivity contribution in [3.05, 3.63) is 23.8 Å². The number of unbranched alkanes of at least 4 members (excludes halogenated alkanes) is 1. The molecule has 0 saturated carbocycles. The Morgan fingerprint density at radius 1 is 1.30 bits per heavy atom. The van der Waals surface area contributed by atoms with Crippen LogP contribution in [0.5, 0.6) is 5.75 Å². The van der Waals surface area contributed by atoms with Gasteiger partial charge in [-0.2, -0.15) is 0 Å². The molecule has 0 radical (unpaired) electrons. The fourth-order valence-corrected chi connectivity index (χ4v) is 4.21. The molecule has 0 bridgehead atoms. The molecule has 1 aliphatic heterocycles. The summed E-state index contributed by atoms with van der Waals surface area (Å²) in [5, 5.41) is 0. The van der Waals surface area contributed by atoms with Gasteiger partial charge in [0.2, 0.25) is 0 Å². The zero-order chi connectivity index (χ0) is 17.0.